The van der Waals surface area contributed by atoms with Crippen molar-refractivity contribution in [3.05, 3.63) is 19.3 Å². The van der Waals surface area contributed by atoms with Crippen molar-refractivity contribution in [1.82, 2.24) is 9.55 Å². The second kappa shape index (κ2) is 19.3. The number of imidazole rings is 1. The van der Waals surface area contributed by atoms with Crippen LogP contribution in [0.2, 0.25) is 0 Å². The predicted octanol–water partition coefficient (Wildman–Crippen LogP) is 5.28. The number of aryl methyl sites for hydroxylation is 2. The minimum absolute atomic E-state index is 0. The van der Waals surface area contributed by atoms with E-state index >= 15 is 0 Å². The molecule has 3 nitrogen and oxygen atoms in total. The Morgan fingerprint density at radius 1 is 1.00 bits per heavy atom. The third kappa shape index (κ3) is 27.7. The van der Waals surface area contributed by atoms with Gasteiger partial charge in [-0.1, -0.05) is 32.1 Å². The largest absolute Gasteiger partial charge is 1.00 e. The monoisotopic (exact) mass is 586 g/mol. The Morgan fingerprint density at radius 2 is 1.26 bits per heavy atom. The summed E-state index contributed by atoms with van der Waals surface area (Å²) in [5.41, 5.74) is 3.98. The number of rotatable bonds is 3. The average Bonchev–Trinajstić information content (AvgIpc) is 3.10. The summed E-state index contributed by atoms with van der Waals surface area (Å²) in [4.78, 5) is 4.66. The second-order valence-corrected chi connectivity index (χ2v) is 12.2. The van der Waals surface area contributed by atoms with Crippen LogP contribution in [-0.2, 0) is 26.5 Å². The summed E-state index contributed by atoms with van der Waals surface area (Å²) in [6.45, 7) is 12.8. The zero-order valence-electron chi connectivity index (χ0n) is 19.7. The summed E-state index contributed by atoms with van der Waals surface area (Å²) in [7, 11) is -6.95. The van der Waals surface area contributed by atoms with Crippen LogP contribution in [0.4, 0.5) is 21.0 Å². The molecule has 0 bridgehead atoms. The summed E-state index contributed by atoms with van der Waals surface area (Å²) < 4.78 is 51.4. The number of halogens is 6. The maximum Gasteiger partial charge on any atom is 1.00 e. The number of aromatic nitrogens is 2. The number of hydrogen-bond donors (Lipinski definition) is 0. The summed E-state index contributed by atoms with van der Waals surface area (Å²) in [6.07, 6.45) is 9.63. The van der Waals surface area contributed by atoms with Crippen LogP contribution in [0.1, 0.15) is 72.4 Å². The normalized spacial score (nSPS) is 13.3. The van der Waals surface area contributed by atoms with E-state index in [2.05, 4.69) is 57.4 Å². The van der Waals surface area contributed by atoms with Gasteiger partial charge in [-0.05, 0) is 34.6 Å². The Morgan fingerprint density at radius 3 is 1.42 bits per heavy atom. The Kier molecular flexibility index (Phi) is 25.5. The van der Waals surface area contributed by atoms with Gasteiger partial charge in [-0.15, -0.1) is 0 Å². The molecule has 0 amide bonds. The Hall–Kier alpha value is -0.237. The van der Waals surface area contributed by atoms with Crippen molar-refractivity contribution in [2.24, 2.45) is 7.05 Å². The van der Waals surface area contributed by atoms with Gasteiger partial charge in [0.05, 0.1) is 31.0 Å². The molecule has 0 N–H and O–H groups in total. The van der Waals surface area contributed by atoms with Gasteiger partial charge < -0.3 is 16.7 Å². The molecule has 1 aromatic heterocycles. The average molecular weight is 586 g/mol. The van der Waals surface area contributed by atoms with Crippen molar-refractivity contribution < 1.29 is 45.2 Å². The molecule has 1 aromatic rings. The molecule has 189 valence electrons. The van der Waals surface area contributed by atoms with E-state index in [9.17, 15) is 21.0 Å². The first-order chi connectivity index (χ1) is 12.6. The van der Waals surface area contributed by atoms with Crippen molar-refractivity contribution in [1.29, 1.82) is 5.26 Å². The zero-order valence-corrected chi connectivity index (χ0v) is 23.3. The summed E-state index contributed by atoms with van der Waals surface area (Å²) in [5.74, 6) is 0. The van der Waals surface area contributed by atoms with Crippen LogP contribution in [0.5, 0.6) is 0 Å². The van der Waals surface area contributed by atoms with Gasteiger partial charge >= 0.3 is 48.6 Å². The molecule has 0 aliphatic heterocycles. The number of nitriles is 1. The van der Waals surface area contributed by atoms with Crippen molar-refractivity contribution in [3.8, 4) is 6.07 Å². The van der Waals surface area contributed by atoms with Gasteiger partial charge in [0.15, 0.2) is 0 Å². The maximum absolute atomic E-state index is 9.84. The van der Waals surface area contributed by atoms with Crippen molar-refractivity contribution in [2.45, 2.75) is 85.0 Å². The molecule has 12 heteroatoms. The standard InChI is InChI=1S/C11H21N2P.C5H10.C2H3N.CH3.F5P.FH.Ru/c1-8(2)14(9(3)4)11-12-10(5)7-13(11)6;1-2-4-5-3-1;1-2-3;;1-6(2,3,4)5;;/h7-9H,1-6H3;1-5H2;1H3;1H3;;1H;/q;;;-1;;;+1. The molecular weight excluding hydrogens is 547 g/mol. The van der Waals surface area contributed by atoms with Crippen LogP contribution in [0.3, 0.4) is 0 Å². The third-order valence-corrected chi connectivity index (χ3v) is 7.22. The minimum Gasteiger partial charge on any atom is -1.00 e. The Labute approximate surface area is 199 Å². The molecule has 1 saturated carbocycles. The van der Waals surface area contributed by atoms with Gasteiger partial charge in [0.1, 0.15) is 0 Å². The molecule has 1 aliphatic rings. The first-order valence-corrected chi connectivity index (χ1v) is 12.7. The SMILES string of the molecule is C1CCCC1.CC#N.Cc1cn(C)c([PH+](C(C)C)C(C)C)n1.FP(F)(F)(F)F.[CH3-].[F-].[Ru+]. The first kappa shape index (κ1) is 41.1. The molecular formula is C19H38F6N3P2Ru. The van der Waals surface area contributed by atoms with Gasteiger partial charge in [0.25, 0.3) is 5.57 Å². The van der Waals surface area contributed by atoms with Gasteiger partial charge in [0.2, 0.25) is 0 Å². The molecule has 0 spiro atoms. The quantitative estimate of drug-likeness (QED) is 0.210. The first-order valence-electron chi connectivity index (χ1n) is 9.37. The fourth-order valence-electron chi connectivity index (χ4n) is 2.95. The fourth-order valence-corrected chi connectivity index (χ4v) is 6.09. The molecule has 31 heavy (non-hydrogen) atoms. The molecule has 0 atom stereocenters. The van der Waals surface area contributed by atoms with Crippen LogP contribution in [0.25, 0.3) is 0 Å². The number of nitrogens with zero attached hydrogens (tertiary/aromatic N) is 3. The predicted molar refractivity (Wildman–Crippen MR) is 119 cm³/mol. The van der Waals surface area contributed by atoms with Crippen LogP contribution in [-0.4, -0.2) is 20.9 Å². The zero-order chi connectivity index (χ0) is 22.6. The maximum atomic E-state index is 9.84. The fraction of sp³-hybridized carbons (Fsp3) is 0.737. The summed E-state index contributed by atoms with van der Waals surface area (Å²) in [6, 6.07) is 1.75. The molecule has 0 unspecified atom stereocenters. The van der Waals surface area contributed by atoms with Crippen molar-refractivity contribution in [3.63, 3.8) is 0 Å². The molecule has 1 fully saturated rings. The Bertz CT molecular complexity index is 563. The van der Waals surface area contributed by atoms with E-state index in [4.69, 9.17) is 5.26 Å². The van der Waals surface area contributed by atoms with E-state index in [-0.39, 0.29) is 31.6 Å². The molecule has 0 aromatic carbocycles. The van der Waals surface area contributed by atoms with Gasteiger partial charge in [-0.25, -0.2) is 4.98 Å². The molecule has 0 saturated heterocycles. The van der Waals surface area contributed by atoms with Crippen LogP contribution in [0.15, 0.2) is 6.20 Å². The summed E-state index contributed by atoms with van der Waals surface area (Å²) in [5, 5.41) is 7.32. The van der Waals surface area contributed by atoms with Crippen LogP contribution < -0.4 is 10.3 Å². The summed E-state index contributed by atoms with van der Waals surface area (Å²) >= 11 is 0. The van der Waals surface area contributed by atoms with E-state index in [1.54, 1.807) is 6.07 Å². The van der Waals surface area contributed by atoms with E-state index in [1.165, 1.54) is 44.6 Å². The van der Waals surface area contributed by atoms with E-state index in [1.807, 2.05) is 0 Å². The van der Waals surface area contributed by atoms with Crippen molar-refractivity contribution in [2.75, 3.05) is 0 Å². The van der Waals surface area contributed by atoms with Crippen LogP contribution >= 0.6 is 16.1 Å². The van der Waals surface area contributed by atoms with Crippen LogP contribution in [0, 0.1) is 25.7 Å². The van der Waals surface area contributed by atoms with E-state index in [0.29, 0.717) is 0 Å². The Balaban J connectivity index is -0.000000112. The minimum atomic E-state index is -8.55. The third-order valence-electron chi connectivity index (χ3n) is 3.75. The molecule has 2 rings (SSSR count). The smallest absolute Gasteiger partial charge is 1.00 e. The van der Waals surface area contributed by atoms with Gasteiger partial charge in [0, 0.05) is 20.2 Å². The van der Waals surface area contributed by atoms with E-state index < -0.39 is 16.1 Å². The van der Waals surface area contributed by atoms with E-state index in [0.717, 1.165) is 17.0 Å². The molecule has 1 aliphatic carbocycles. The molecule has 1 heterocycles. The topological polar surface area (TPSA) is 41.6 Å². The number of hydrogen-bond acceptors (Lipinski definition) is 2. The second-order valence-electron chi connectivity index (χ2n) is 7.21. The van der Waals surface area contributed by atoms with Gasteiger partial charge in [-0.3, -0.25) is 0 Å². The van der Waals surface area contributed by atoms with Gasteiger partial charge in [-0.2, -0.15) is 5.26 Å². The van der Waals surface area contributed by atoms with Crippen molar-refractivity contribution >= 4 is 21.6 Å². The molecule has 1 radical (unpaired) electrons.